The van der Waals surface area contributed by atoms with E-state index in [1.807, 2.05) is 13.8 Å². The van der Waals surface area contributed by atoms with Crippen molar-refractivity contribution < 1.29 is 14.0 Å². The average Bonchev–Trinajstić information content (AvgIpc) is 2.87. The zero-order valence-corrected chi connectivity index (χ0v) is 11.5. The van der Waals surface area contributed by atoms with Crippen molar-refractivity contribution in [2.75, 3.05) is 6.54 Å². The topological polar surface area (TPSA) is 63.4 Å². The molecule has 5 heteroatoms. The van der Waals surface area contributed by atoms with E-state index in [9.17, 15) is 14.0 Å². The number of nitrogens with zero attached hydrogens (tertiary/aromatic N) is 1. The summed E-state index contributed by atoms with van der Waals surface area (Å²) in [7, 11) is 0. The van der Waals surface area contributed by atoms with Crippen molar-refractivity contribution in [3.05, 3.63) is 35.6 Å². The molecule has 2 aliphatic rings. The lowest BCUT2D eigenvalue weighted by Gasteiger charge is -2.24. The average molecular weight is 276 g/mol. The van der Waals surface area contributed by atoms with Gasteiger partial charge in [-0.15, -0.1) is 0 Å². The first-order valence-electron chi connectivity index (χ1n) is 6.70. The van der Waals surface area contributed by atoms with Gasteiger partial charge in [0.1, 0.15) is 5.82 Å². The fourth-order valence-electron chi connectivity index (χ4n) is 3.20. The van der Waals surface area contributed by atoms with Gasteiger partial charge in [0.15, 0.2) is 0 Å². The van der Waals surface area contributed by atoms with E-state index in [1.165, 1.54) is 17.0 Å². The highest BCUT2D eigenvalue weighted by molar-refractivity contribution is 6.10. The Bertz CT molecular complexity index is 558. The number of hydrogen-bond acceptors (Lipinski definition) is 3. The highest BCUT2D eigenvalue weighted by atomic mass is 19.1. The minimum Gasteiger partial charge on any atom is -0.322 e. The van der Waals surface area contributed by atoms with Gasteiger partial charge in [-0.25, -0.2) is 4.39 Å². The van der Waals surface area contributed by atoms with Crippen molar-refractivity contribution in [2.24, 2.45) is 23.0 Å². The van der Waals surface area contributed by atoms with Crippen LogP contribution in [0.3, 0.4) is 0 Å². The zero-order valence-electron chi connectivity index (χ0n) is 11.5. The molecule has 2 N–H and O–H groups in total. The summed E-state index contributed by atoms with van der Waals surface area (Å²) in [6, 6.07) is 5.32. The molecule has 1 saturated carbocycles. The van der Waals surface area contributed by atoms with Crippen LogP contribution in [0.2, 0.25) is 0 Å². The van der Waals surface area contributed by atoms with E-state index in [2.05, 4.69) is 0 Å². The molecule has 0 aromatic heterocycles. The number of carbonyl (C=O) groups excluding carboxylic acids is 2. The quantitative estimate of drug-likeness (QED) is 0.850. The van der Waals surface area contributed by atoms with Crippen LogP contribution in [-0.2, 0) is 9.59 Å². The van der Waals surface area contributed by atoms with Gasteiger partial charge in [0.2, 0.25) is 11.8 Å². The van der Waals surface area contributed by atoms with Crippen LogP contribution >= 0.6 is 0 Å². The molecule has 2 fully saturated rings. The summed E-state index contributed by atoms with van der Waals surface area (Å²) in [4.78, 5) is 25.6. The largest absolute Gasteiger partial charge is 0.322 e. The van der Waals surface area contributed by atoms with E-state index >= 15 is 0 Å². The molecule has 1 aromatic rings. The van der Waals surface area contributed by atoms with Gasteiger partial charge in [0, 0.05) is 12.6 Å². The van der Waals surface area contributed by atoms with Gasteiger partial charge in [0.25, 0.3) is 0 Å². The zero-order chi connectivity index (χ0) is 14.7. The molecule has 0 spiro atoms. The van der Waals surface area contributed by atoms with E-state index in [0.29, 0.717) is 5.56 Å². The molecule has 1 aliphatic heterocycles. The second-order valence-corrected chi connectivity index (χ2v) is 6.22. The van der Waals surface area contributed by atoms with Crippen molar-refractivity contribution in [2.45, 2.75) is 19.9 Å². The van der Waals surface area contributed by atoms with Crippen LogP contribution in [0, 0.1) is 23.1 Å². The molecule has 4 nitrogen and oxygen atoms in total. The monoisotopic (exact) mass is 276 g/mol. The number of nitrogens with two attached hydrogens (primary N) is 1. The van der Waals surface area contributed by atoms with E-state index in [4.69, 9.17) is 5.73 Å². The van der Waals surface area contributed by atoms with Gasteiger partial charge in [-0.3, -0.25) is 14.5 Å². The van der Waals surface area contributed by atoms with Crippen molar-refractivity contribution >= 4 is 11.8 Å². The Labute approximate surface area is 116 Å². The number of benzene rings is 1. The summed E-state index contributed by atoms with van der Waals surface area (Å²) in [5.41, 5.74) is 6.52. The first-order valence-corrected chi connectivity index (χ1v) is 6.70. The van der Waals surface area contributed by atoms with E-state index < -0.39 is 6.04 Å². The van der Waals surface area contributed by atoms with Crippen LogP contribution in [0.25, 0.3) is 0 Å². The molecule has 20 heavy (non-hydrogen) atoms. The summed E-state index contributed by atoms with van der Waals surface area (Å²) >= 11 is 0. The van der Waals surface area contributed by atoms with Gasteiger partial charge in [-0.1, -0.05) is 26.0 Å². The van der Waals surface area contributed by atoms with Crippen LogP contribution in [0.5, 0.6) is 0 Å². The maximum Gasteiger partial charge on any atom is 0.233 e. The maximum absolute atomic E-state index is 12.9. The Morgan fingerprint density at radius 1 is 1.20 bits per heavy atom. The Hall–Kier alpha value is -1.75. The van der Waals surface area contributed by atoms with Crippen molar-refractivity contribution in [3.63, 3.8) is 0 Å². The third kappa shape index (κ3) is 1.77. The number of halogens is 1. The normalized spacial score (nSPS) is 28.5. The Morgan fingerprint density at radius 3 is 2.20 bits per heavy atom. The van der Waals surface area contributed by atoms with Gasteiger partial charge in [-0.2, -0.15) is 0 Å². The van der Waals surface area contributed by atoms with Crippen LogP contribution in [-0.4, -0.2) is 23.3 Å². The standard InChI is InChI=1S/C15H17FN2O2/c1-15(2)11-12(15)14(20)18(13(11)19)7-10(17)8-3-5-9(16)6-4-8/h3-6,10-12H,7,17H2,1-2H3. The van der Waals surface area contributed by atoms with Gasteiger partial charge in [0.05, 0.1) is 11.8 Å². The third-order valence-corrected chi connectivity index (χ3v) is 4.57. The van der Waals surface area contributed by atoms with Crippen molar-refractivity contribution in [3.8, 4) is 0 Å². The third-order valence-electron chi connectivity index (χ3n) is 4.57. The number of fused-ring (bicyclic) bond motifs is 1. The summed E-state index contributed by atoms with van der Waals surface area (Å²) in [6.45, 7) is 4.04. The molecule has 1 saturated heterocycles. The van der Waals surface area contributed by atoms with Gasteiger partial charge < -0.3 is 5.73 Å². The predicted octanol–water partition coefficient (Wildman–Crippen LogP) is 1.47. The van der Waals surface area contributed by atoms with Crippen LogP contribution in [0.15, 0.2) is 24.3 Å². The molecule has 1 heterocycles. The smallest absolute Gasteiger partial charge is 0.233 e. The minimum absolute atomic E-state index is 0.123. The lowest BCUT2D eigenvalue weighted by atomic mass is 10.0. The Balaban J connectivity index is 1.72. The lowest BCUT2D eigenvalue weighted by molar-refractivity contribution is -0.143. The number of hydrogen-bond donors (Lipinski definition) is 1. The first-order chi connectivity index (χ1) is 9.34. The minimum atomic E-state index is -0.482. The highest BCUT2D eigenvalue weighted by Gasteiger charge is 2.72. The summed E-state index contributed by atoms with van der Waals surface area (Å²) < 4.78 is 12.9. The van der Waals surface area contributed by atoms with E-state index in [1.54, 1.807) is 12.1 Å². The van der Waals surface area contributed by atoms with Crippen molar-refractivity contribution in [1.29, 1.82) is 0 Å². The number of rotatable bonds is 3. The number of likely N-dealkylation sites (tertiary alicyclic amines) is 1. The number of amides is 2. The number of carbonyl (C=O) groups is 2. The van der Waals surface area contributed by atoms with Gasteiger partial charge in [-0.05, 0) is 23.1 Å². The van der Waals surface area contributed by atoms with E-state index in [0.717, 1.165) is 0 Å². The van der Waals surface area contributed by atoms with E-state index in [-0.39, 0.29) is 41.4 Å². The summed E-state index contributed by atoms with van der Waals surface area (Å²) in [5.74, 6) is -0.951. The number of imide groups is 1. The molecular weight excluding hydrogens is 259 g/mol. The SMILES string of the molecule is CC1(C)C2C(=O)N(CC(N)c3ccc(F)cc3)C(=O)C21. The molecule has 0 bridgehead atoms. The molecular formula is C15H17FN2O2. The van der Waals surface area contributed by atoms with Crippen molar-refractivity contribution in [1.82, 2.24) is 4.90 Å². The number of piperidine rings is 1. The predicted molar refractivity (Wildman–Crippen MR) is 70.8 cm³/mol. The van der Waals surface area contributed by atoms with Crippen LogP contribution in [0.1, 0.15) is 25.5 Å². The molecule has 3 unspecified atom stereocenters. The molecule has 1 aromatic carbocycles. The van der Waals surface area contributed by atoms with Crippen LogP contribution < -0.4 is 5.73 Å². The lowest BCUT2D eigenvalue weighted by Crippen LogP contribution is -2.40. The first kappa shape index (κ1) is 13.2. The van der Waals surface area contributed by atoms with Gasteiger partial charge >= 0.3 is 0 Å². The molecule has 2 amide bonds. The fourth-order valence-corrected chi connectivity index (χ4v) is 3.20. The summed E-state index contributed by atoms with van der Waals surface area (Å²) in [6.07, 6.45) is 0. The Morgan fingerprint density at radius 2 is 1.70 bits per heavy atom. The molecule has 3 atom stereocenters. The molecule has 106 valence electrons. The molecule has 0 radical (unpaired) electrons. The van der Waals surface area contributed by atoms with Crippen LogP contribution in [0.4, 0.5) is 4.39 Å². The highest BCUT2D eigenvalue weighted by Crippen LogP contribution is 2.63. The maximum atomic E-state index is 12.9. The Kier molecular flexibility index (Phi) is 2.73. The molecule has 3 rings (SSSR count). The second kappa shape index (κ2) is 4.12. The fraction of sp³-hybridized carbons (Fsp3) is 0.467. The second-order valence-electron chi connectivity index (χ2n) is 6.22. The molecule has 1 aliphatic carbocycles. The summed E-state index contributed by atoms with van der Waals surface area (Å²) in [5, 5.41) is 0.